The quantitative estimate of drug-likeness (QED) is 0.720. The average Bonchev–Trinajstić information content (AvgIpc) is 2.64. The van der Waals surface area contributed by atoms with E-state index in [9.17, 15) is 4.79 Å². The molecule has 1 amide bonds. The molecule has 5 N–H and O–H groups in total. The van der Waals surface area contributed by atoms with E-state index in [1.54, 1.807) is 0 Å². The summed E-state index contributed by atoms with van der Waals surface area (Å²) in [6.45, 7) is 0.441. The van der Waals surface area contributed by atoms with Crippen LogP contribution in [0, 0.1) is 0 Å². The van der Waals surface area contributed by atoms with E-state index in [1.807, 2.05) is 11.4 Å². The van der Waals surface area contributed by atoms with Crippen molar-refractivity contribution in [2.75, 3.05) is 17.6 Å². The molecule has 0 aliphatic heterocycles. The Morgan fingerprint density at radius 2 is 2.31 bits per heavy atom. The van der Waals surface area contributed by atoms with Crippen molar-refractivity contribution in [1.29, 1.82) is 0 Å². The van der Waals surface area contributed by atoms with Crippen LogP contribution in [0.2, 0.25) is 0 Å². The number of nitrogens with zero attached hydrogens (tertiary/aromatic N) is 2. The third-order valence-electron chi connectivity index (χ3n) is 2.01. The van der Waals surface area contributed by atoms with Gasteiger partial charge in [-0.2, -0.15) is 4.98 Å². The molecule has 0 atom stereocenters. The molecule has 0 saturated heterocycles. The molecule has 0 fully saturated rings. The molecule has 0 aliphatic carbocycles. The van der Waals surface area contributed by atoms with Crippen LogP contribution in [0.4, 0.5) is 11.8 Å². The van der Waals surface area contributed by atoms with Gasteiger partial charge in [0.1, 0.15) is 10.6 Å². The fourth-order valence-electron chi connectivity index (χ4n) is 1.31. The number of aromatic nitrogens is 2. The monoisotopic (exact) mass is 237 g/mol. The average molecular weight is 237 g/mol. The number of thiophene rings is 1. The SMILES string of the molecule is NC(=O)CCNc1nc(N)nc2sccc12. The highest BCUT2D eigenvalue weighted by molar-refractivity contribution is 7.16. The van der Waals surface area contributed by atoms with Crippen molar-refractivity contribution >= 4 is 39.2 Å². The van der Waals surface area contributed by atoms with E-state index in [0.717, 1.165) is 10.2 Å². The van der Waals surface area contributed by atoms with Gasteiger partial charge in [-0.1, -0.05) is 0 Å². The van der Waals surface area contributed by atoms with Crippen LogP contribution < -0.4 is 16.8 Å². The smallest absolute Gasteiger partial charge is 0.223 e. The molecule has 6 nitrogen and oxygen atoms in total. The second-order valence-electron chi connectivity index (χ2n) is 3.21. The summed E-state index contributed by atoms with van der Waals surface area (Å²) in [4.78, 5) is 19.6. The summed E-state index contributed by atoms with van der Waals surface area (Å²) in [6, 6.07) is 1.91. The molecule has 0 saturated carbocycles. The molecule has 0 aromatic carbocycles. The lowest BCUT2D eigenvalue weighted by Crippen LogP contribution is -2.16. The molecule has 16 heavy (non-hydrogen) atoms. The Balaban J connectivity index is 2.22. The van der Waals surface area contributed by atoms with Gasteiger partial charge in [-0.05, 0) is 11.4 Å². The van der Waals surface area contributed by atoms with Crippen molar-refractivity contribution in [3.05, 3.63) is 11.4 Å². The van der Waals surface area contributed by atoms with Gasteiger partial charge in [0.25, 0.3) is 0 Å². The van der Waals surface area contributed by atoms with Gasteiger partial charge in [0, 0.05) is 13.0 Å². The summed E-state index contributed by atoms with van der Waals surface area (Å²) >= 11 is 1.49. The van der Waals surface area contributed by atoms with Crippen LogP contribution in [0.5, 0.6) is 0 Å². The Hall–Kier alpha value is -1.89. The Labute approximate surface area is 95.7 Å². The topological polar surface area (TPSA) is 107 Å². The molecular formula is C9H11N5OS. The van der Waals surface area contributed by atoms with Gasteiger partial charge in [-0.25, -0.2) is 4.98 Å². The zero-order valence-electron chi connectivity index (χ0n) is 8.43. The first kappa shape index (κ1) is 10.6. The predicted molar refractivity (Wildman–Crippen MR) is 64.1 cm³/mol. The summed E-state index contributed by atoms with van der Waals surface area (Å²) < 4.78 is 0. The van der Waals surface area contributed by atoms with E-state index in [0.29, 0.717) is 12.4 Å². The maximum absolute atomic E-state index is 10.6. The Kier molecular flexibility index (Phi) is 2.86. The molecule has 0 unspecified atom stereocenters. The summed E-state index contributed by atoms with van der Waals surface area (Å²) in [5, 5.41) is 5.84. The second-order valence-corrected chi connectivity index (χ2v) is 4.11. The molecule has 0 bridgehead atoms. The van der Waals surface area contributed by atoms with Gasteiger partial charge < -0.3 is 16.8 Å². The fourth-order valence-corrected chi connectivity index (χ4v) is 2.08. The Morgan fingerprint density at radius 3 is 3.06 bits per heavy atom. The number of rotatable bonds is 4. The van der Waals surface area contributed by atoms with Crippen LogP contribution in [0.15, 0.2) is 11.4 Å². The van der Waals surface area contributed by atoms with Crippen LogP contribution in [0.1, 0.15) is 6.42 Å². The number of hydrogen-bond donors (Lipinski definition) is 3. The van der Waals surface area contributed by atoms with Crippen LogP contribution >= 0.6 is 11.3 Å². The maximum atomic E-state index is 10.6. The number of carbonyl (C=O) groups excluding carboxylic acids is 1. The zero-order chi connectivity index (χ0) is 11.5. The molecule has 2 heterocycles. The van der Waals surface area contributed by atoms with E-state index >= 15 is 0 Å². The molecule has 84 valence electrons. The van der Waals surface area contributed by atoms with Crippen molar-refractivity contribution in [3.8, 4) is 0 Å². The van der Waals surface area contributed by atoms with Crippen molar-refractivity contribution in [3.63, 3.8) is 0 Å². The van der Waals surface area contributed by atoms with E-state index < -0.39 is 0 Å². The van der Waals surface area contributed by atoms with E-state index in [-0.39, 0.29) is 18.3 Å². The first-order chi connectivity index (χ1) is 7.66. The van der Waals surface area contributed by atoms with E-state index in [2.05, 4.69) is 15.3 Å². The molecule has 2 aromatic rings. The van der Waals surface area contributed by atoms with Gasteiger partial charge in [0.15, 0.2) is 0 Å². The lowest BCUT2D eigenvalue weighted by Gasteiger charge is -2.05. The summed E-state index contributed by atoms with van der Waals surface area (Å²) in [6.07, 6.45) is 0.259. The van der Waals surface area contributed by atoms with E-state index in [4.69, 9.17) is 11.5 Å². The lowest BCUT2D eigenvalue weighted by atomic mass is 10.3. The van der Waals surface area contributed by atoms with E-state index in [1.165, 1.54) is 11.3 Å². The van der Waals surface area contributed by atoms with Crippen LogP contribution in [-0.2, 0) is 4.79 Å². The highest BCUT2D eigenvalue weighted by Crippen LogP contribution is 2.25. The van der Waals surface area contributed by atoms with Crippen molar-refractivity contribution in [2.24, 2.45) is 5.73 Å². The van der Waals surface area contributed by atoms with Crippen LogP contribution in [-0.4, -0.2) is 22.4 Å². The molecule has 0 aliphatic rings. The Bertz CT molecular complexity index is 524. The summed E-state index contributed by atoms with van der Waals surface area (Å²) in [5.41, 5.74) is 10.6. The maximum Gasteiger partial charge on any atom is 0.223 e. The molecule has 0 spiro atoms. The minimum atomic E-state index is -0.351. The summed E-state index contributed by atoms with van der Waals surface area (Å²) in [7, 11) is 0. The number of nitrogen functional groups attached to an aromatic ring is 1. The lowest BCUT2D eigenvalue weighted by molar-refractivity contribution is -0.117. The number of nitrogens with two attached hydrogens (primary N) is 2. The number of nitrogens with one attached hydrogen (secondary N) is 1. The zero-order valence-corrected chi connectivity index (χ0v) is 9.25. The second kappa shape index (κ2) is 4.31. The molecule has 7 heteroatoms. The van der Waals surface area contributed by atoms with Gasteiger partial charge in [0.05, 0.1) is 5.39 Å². The Morgan fingerprint density at radius 1 is 1.50 bits per heavy atom. The number of amides is 1. The van der Waals surface area contributed by atoms with Gasteiger partial charge in [-0.15, -0.1) is 11.3 Å². The normalized spacial score (nSPS) is 10.5. The number of fused-ring (bicyclic) bond motifs is 1. The molecule has 0 radical (unpaired) electrons. The molecule has 2 aromatic heterocycles. The minimum Gasteiger partial charge on any atom is -0.370 e. The number of carbonyl (C=O) groups is 1. The van der Waals surface area contributed by atoms with Gasteiger partial charge in [-0.3, -0.25) is 4.79 Å². The molecular weight excluding hydrogens is 226 g/mol. The number of hydrogen-bond acceptors (Lipinski definition) is 6. The fraction of sp³-hybridized carbons (Fsp3) is 0.222. The minimum absolute atomic E-state index is 0.219. The third-order valence-corrected chi connectivity index (χ3v) is 2.81. The highest BCUT2D eigenvalue weighted by Gasteiger charge is 2.06. The largest absolute Gasteiger partial charge is 0.370 e. The standard InChI is InChI=1S/C9H11N5OS/c10-6(15)1-3-12-7-5-2-4-16-8(5)14-9(11)13-7/h2,4H,1,3H2,(H2,10,15)(H3,11,12,13,14). The van der Waals surface area contributed by atoms with Gasteiger partial charge >= 0.3 is 0 Å². The van der Waals surface area contributed by atoms with Crippen molar-refractivity contribution < 1.29 is 4.79 Å². The highest BCUT2D eigenvalue weighted by atomic mass is 32.1. The van der Waals surface area contributed by atoms with Gasteiger partial charge in [0.2, 0.25) is 11.9 Å². The predicted octanol–water partition coefficient (Wildman–Crippen LogP) is 0.561. The van der Waals surface area contributed by atoms with Crippen molar-refractivity contribution in [2.45, 2.75) is 6.42 Å². The molecule has 2 rings (SSSR count). The first-order valence-electron chi connectivity index (χ1n) is 4.69. The van der Waals surface area contributed by atoms with Crippen LogP contribution in [0.3, 0.4) is 0 Å². The van der Waals surface area contributed by atoms with Crippen molar-refractivity contribution in [1.82, 2.24) is 9.97 Å². The first-order valence-corrected chi connectivity index (χ1v) is 5.57. The number of primary amides is 1. The van der Waals surface area contributed by atoms with Crippen LogP contribution in [0.25, 0.3) is 10.2 Å². The third kappa shape index (κ3) is 2.19. The summed E-state index contributed by atoms with van der Waals surface area (Å²) in [5.74, 6) is 0.512. The number of anilines is 2.